The maximum absolute atomic E-state index is 12.9. The van der Waals surface area contributed by atoms with Crippen LogP contribution >= 0.6 is 0 Å². The molecular formula is C47H61N3O2. The average Bonchev–Trinajstić information content (AvgIpc) is 3.68. The van der Waals surface area contributed by atoms with E-state index < -0.39 is 16.5 Å². The van der Waals surface area contributed by atoms with E-state index in [0.29, 0.717) is 11.0 Å². The molecule has 1 aliphatic heterocycles. The Morgan fingerprint density at radius 3 is 1.67 bits per heavy atom. The molecular weight excluding hydrogens is 639 g/mol. The Kier molecular flexibility index (Phi) is 8.57. The van der Waals surface area contributed by atoms with Gasteiger partial charge < -0.3 is 15.1 Å². The third-order valence-corrected chi connectivity index (χ3v) is 13.4. The van der Waals surface area contributed by atoms with E-state index >= 15 is 0 Å². The first-order valence-electron chi connectivity index (χ1n) is 19.5. The summed E-state index contributed by atoms with van der Waals surface area (Å²) >= 11 is 0. The molecule has 0 fully saturated rings. The second kappa shape index (κ2) is 11.9. The maximum Gasteiger partial charge on any atom is 0.173 e. The molecule has 0 saturated heterocycles. The summed E-state index contributed by atoms with van der Waals surface area (Å²) in [4.78, 5) is 7.88. The quantitative estimate of drug-likeness (QED) is 0.171. The molecule has 1 aromatic heterocycles. The Labute approximate surface area is 312 Å². The minimum Gasteiger partial charge on any atom is -0.505 e. The third kappa shape index (κ3) is 4.31. The van der Waals surface area contributed by atoms with E-state index in [1.807, 2.05) is 27.7 Å². The molecule has 8 rings (SSSR count). The van der Waals surface area contributed by atoms with Gasteiger partial charge in [0.25, 0.3) is 0 Å². The number of aromatic hydroxyl groups is 2. The second-order valence-corrected chi connectivity index (χ2v) is 17.5. The van der Waals surface area contributed by atoms with Gasteiger partial charge in [0, 0.05) is 34.9 Å². The molecule has 52 heavy (non-hydrogen) atoms. The second-order valence-electron chi connectivity index (χ2n) is 17.5. The third-order valence-electron chi connectivity index (χ3n) is 13.4. The van der Waals surface area contributed by atoms with Crippen LogP contribution in [0, 0.1) is 5.41 Å². The van der Waals surface area contributed by atoms with Crippen LogP contribution < -0.4 is 4.90 Å². The highest BCUT2D eigenvalue weighted by atomic mass is 16.3. The topological polar surface area (TPSA) is 61.5 Å². The lowest BCUT2D eigenvalue weighted by Crippen LogP contribution is -2.52. The molecule has 276 valence electrons. The predicted molar refractivity (Wildman–Crippen MR) is 220 cm³/mol. The van der Waals surface area contributed by atoms with Crippen LogP contribution in [0.5, 0.6) is 11.5 Å². The SMILES string of the molecule is CC.CC.CC(C)c1cc(C(C)(C)C)cc2c1-c1nc3c(O)c4c(c(O)c3n1C1(c3ccccc3-c3ccccc31)N2C)C(C)(C)C(C)(C)C4(C)C. The molecule has 0 unspecified atom stereocenters. The van der Waals surface area contributed by atoms with Crippen molar-refractivity contribution in [1.29, 1.82) is 0 Å². The summed E-state index contributed by atoms with van der Waals surface area (Å²) in [5.41, 5.74) is 9.84. The minimum absolute atomic E-state index is 0.0724. The first-order valence-corrected chi connectivity index (χ1v) is 19.5. The molecule has 1 spiro atoms. The summed E-state index contributed by atoms with van der Waals surface area (Å²) in [5, 5.41) is 25.4. The molecule has 0 radical (unpaired) electrons. The molecule has 5 heteroatoms. The van der Waals surface area contributed by atoms with Crippen molar-refractivity contribution in [1.82, 2.24) is 9.55 Å². The van der Waals surface area contributed by atoms with Gasteiger partial charge in [-0.25, -0.2) is 4.98 Å². The summed E-state index contributed by atoms with van der Waals surface area (Å²) < 4.78 is 2.28. The molecule has 0 amide bonds. The van der Waals surface area contributed by atoms with Crippen LogP contribution in [0.4, 0.5) is 5.69 Å². The number of fused-ring (bicyclic) bond motifs is 12. The molecule has 5 nitrogen and oxygen atoms in total. The monoisotopic (exact) mass is 699 g/mol. The number of nitrogens with zero attached hydrogens (tertiary/aromatic N) is 3. The number of imidazole rings is 1. The van der Waals surface area contributed by atoms with Crippen LogP contribution in [-0.2, 0) is 21.9 Å². The molecule has 5 aromatic rings. The minimum atomic E-state index is -0.874. The predicted octanol–water partition coefficient (Wildman–Crippen LogP) is 12.4. The van der Waals surface area contributed by atoms with E-state index in [1.165, 1.54) is 22.3 Å². The smallest absolute Gasteiger partial charge is 0.173 e. The van der Waals surface area contributed by atoms with Gasteiger partial charge in [0.2, 0.25) is 0 Å². The Balaban J connectivity index is 0.00000112. The zero-order valence-corrected chi connectivity index (χ0v) is 34.6. The Morgan fingerprint density at radius 1 is 0.712 bits per heavy atom. The van der Waals surface area contributed by atoms with Gasteiger partial charge in [0.15, 0.2) is 5.66 Å². The number of phenols is 2. The summed E-state index contributed by atoms with van der Waals surface area (Å²) in [6, 6.07) is 22.0. The molecule has 0 atom stereocenters. The lowest BCUT2D eigenvalue weighted by atomic mass is 9.59. The van der Waals surface area contributed by atoms with Crippen LogP contribution in [-0.4, -0.2) is 26.8 Å². The molecule has 2 N–H and O–H groups in total. The number of hydrogen-bond acceptors (Lipinski definition) is 4. The van der Waals surface area contributed by atoms with Crippen LogP contribution in [0.15, 0.2) is 60.7 Å². The Bertz CT molecular complexity index is 2180. The first kappa shape index (κ1) is 37.5. The van der Waals surface area contributed by atoms with Crippen molar-refractivity contribution in [2.45, 2.75) is 132 Å². The van der Waals surface area contributed by atoms with Gasteiger partial charge >= 0.3 is 0 Å². The standard InChI is InChI=1S/C43H49N3O2.2C2H6/c1-23(2)27-21-24(39(3,4)5)22-30-31(27)38-44-34-35(37(48)33-32(36(34)47)40(6,7)42(10,11)41(33,8)9)46(38)43(45(30)12)28-19-15-13-17-25(28)26-18-14-16-20-29(26)43;2*1-2/h13-23,47-48H,1-12H3;2*1-2H3. The van der Waals surface area contributed by atoms with Gasteiger partial charge in [0.05, 0.1) is 5.69 Å². The number of aromatic nitrogens is 2. The summed E-state index contributed by atoms with van der Waals surface area (Å²) in [5.74, 6) is 1.39. The molecule has 0 bridgehead atoms. The highest BCUT2D eigenvalue weighted by molar-refractivity contribution is 6.00. The van der Waals surface area contributed by atoms with Gasteiger partial charge in [-0.3, -0.25) is 4.57 Å². The number of benzene rings is 4. The summed E-state index contributed by atoms with van der Waals surface area (Å²) in [6.45, 7) is 32.6. The van der Waals surface area contributed by atoms with Crippen molar-refractivity contribution in [3.63, 3.8) is 0 Å². The van der Waals surface area contributed by atoms with E-state index in [0.717, 1.165) is 39.3 Å². The van der Waals surface area contributed by atoms with Gasteiger partial charge in [-0.15, -0.1) is 0 Å². The van der Waals surface area contributed by atoms with E-state index in [1.54, 1.807) is 0 Å². The van der Waals surface area contributed by atoms with Gasteiger partial charge in [-0.05, 0) is 55.9 Å². The summed E-state index contributed by atoms with van der Waals surface area (Å²) in [7, 11) is 2.20. The van der Waals surface area contributed by atoms with Crippen molar-refractivity contribution < 1.29 is 10.2 Å². The van der Waals surface area contributed by atoms with Gasteiger partial charge in [-0.1, -0.05) is 158 Å². The zero-order valence-electron chi connectivity index (χ0n) is 34.6. The van der Waals surface area contributed by atoms with Crippen LogP contribution in [0.2, 0.25) is 0 Å². The Hall–Kier alpha value is -4.25. The van der Waals surface area contributed by atoms with Crippen molar-refractivity contribution >= 4 is 16.7 Å². The molecule has 4 aromatic carbocycles. The van der Waals surface area contributed by atoms with Crippen LogP contribution in [0.3, 0.4) is 0 Å². The Morgan fingerprint density at radius 2 is 1.19 bits per heavy atom. The van der Waals surface area contributed by atoms with Crippen LogP contribution in [0.25, 0.3) is 33.5 Å². The fourth-order valence-electron chi connectivity index (χ4n) is 9.54. The fraction of sp³-hybridized carbons (Fsp3) is 0.468. The first-order chi connectivity index (χ1) is 24.3. The van der Waals surface area contributed by atoms with Gasteiger partial charge in [0.1, 0.15) is 28.4 Å². The van der Waals surface area contributed by atoms with E-state index in [2.05, 4.69) is 153 Å². The van der Waals surface area contributed by atoms with Crippen LogP contribution in [0.1, 0.15) is 143 Å². The molecule has 2 heterocycles. The average molecular weight is 700 g/mol. The number of phenolic OH excluding ortho intramolecular Hbond substituents is 2. The van der Waals surface area contributed by atoms with Crippen molar-refractivity contribution in [2.24, 2.45) is 5.41 Å². The number of anilines is 1. The molecule has 0 saturated carbocycles. The highest BCUT2D eigenvalue weighted by Gasteiger charge is 2.61. The van der Waals surface area contributed by atoms with Crippen molar-refractivity contribution in [2.75, 3.05) is 11.9 Å². The zero-order chi connectivity index (χ0) is 38.7. The largest absolute Gasteiger partial charge is 0.505 e. The normalized spacial score (nSPS) is 17.8. The van der Waals surface area contributed by atoms with Crippen molar-refractivity contribution in [3.05, 3.63) is 94.0 Å². The van der Waals surface area contributed by atoms with E-state index in [-0.39, 0.29) is 28.2 Å². The van der Waals surface area contributed by atoms with E-state index in [9.17, 15) is 10.2 Å². The number of hydrogen-bond donors (Lipinski definition) is 2. The summed E-state index contributed by atoms with van der Waals surface area (Å²) in [6.07, 6.45) is 0. The lowest BCUT2D eigenvalue weighted by molar-refractivity contribution is 0.123. The fourth-order valence-corrected chi connectivity index (χ4v) is 9.54. The highest BCUT2D eigenvalue weighted by Crippen LogP contribution is 2.68. The molecule has 3 aliphatic rings. The van der Waals surface area contributed by atoms with E-state index in [4.69, 9.17) is 4.98 Å². The molecule has 2 aliphatic carbocycles. The lowest BCUT2D eigenvalue weighted by Gasteiger charge is -2.49. The number of rotatable bonds is 1. The van der Waals surface area contributed by atoms with Gasteiger partial charge in [-0.2, -0.15) is 0 Å². The maximum atomic E-state index is 12.9. The van der Waals surface area contributed by atoms with Crippen molar-refractivity contribution in [3.8, 4) is 34.0 Å².